The van der Waals surface area contributed by atoms with E-state index >= 15 is 0 Å². The third-order valence-electron chi connectivity index (χ3n) is 5.85. The number of nitrogens with two attached hydrogens (primary N) is 1. The number of nitrogens with zero attached hydrogens (tertiary/aromatic N) is 2. The number of carboxylic acids is 1. The molecule has 3 atom stereocenters. The predicted octanol–water partition coefficient (Wildman–Crippen LogP) is 2.30. The smallest absolute Gasteiger partial charge is 0.326 e. The molecule has 2 heterocycles. The molecular weight excluding hydrogens is 420 g/mol. The van der Waals surface area contributed by atoms with E-state index in [1.807, 2.05) is 36.9 Å². The van der Waals surface area contributed by atoms with Crippen molar-refractivity contribution < 1.29 is 14.7 Å². The molecule has 2 aromatic heterocycles. The van der Waals surface area contributed by atoms with Gasteiger partial charge < -0.3 is 31.0 Å². The first-order chi connectivity index (χ1) is 15.9. The Morgan fingerprint density at radius 2 is 2.00 bits per heavy atom. The number of H-pyrrole nitrogens is 1. The first-order valence-electron chi connectivity index (χ1n) is 11.1. The number of hydrogen-bond acceptors (Lipinski definition) is 5. The van der Waals surface area contributed by atoms with Crippen LogP contribution < -0.4 is 16.4 Å². The fraction of sp³-hybridized carbons (Fsp3) is 0.375. The average Bonchev–Trinajstić information content (AvgIpc) is 3.49. The Kier molecular flexibility index (Phi) is 8.39. The van der Waals surface area contributed by atoms with Gasteiger partial charge in [-0.25, -0.2) is 9.78 Å². The Morgan fingerprint density at radius 1 is 1.24 bits per heavy atom. The summed E-state index contributed by atoms with van der Waals surface area (Å²) in [5, 5.41) is 15.4. The van der Waals surface area contributed by atoms with Crippen molar-refractivity contribution in [2.75, 3.05) is 6.54 Å². The molecule has 3 rings (SSSR count). The summed E-state index contributed by atoms with van der Waals surface area (Å²) >= 11 is 0. The van der Waals surface area contributed by atoms with Crippen LogP contribution in [0.1, 0.15) is 59.2 Å². The highest BCUT2D eigenvalue weighted by molar-refractivity contribution is 5.96. The highest BCUT2D eigenvalue weighted by Crippen LogP contribution is 2.26. The molecule has 0 fully saturated rings. The van der Waals surface area contributed by atoms with Crippen LogP contribution in [0, 0.1) is 0 Å². The number of aromatic amines is 1. The van der Waals surface area contributed by atoms with Crippen LogP contribution in [-0.4, -0.2) is 44.1 Å². The van der Waals surface area contributed by atoms with Crippen LogP contribution in [0.15, 0.2) is 55.0 Å². The van der Waals surface area contributed by atoms with Crippen molar-refractivity contribution >= 4 is 11.9 Å². The van der Waals surface area contributed by atoms with E-state index in [1.54, 1.807) is 36.7 Å². The summed E-state index contributed by atoms with van der Waals surface area (Å²) < 4.78 is 2.03. The highest BCUT2D eigenvalue weighted by atomic mass is 16.4. The van der Waals surface area contributed by atoms with Gasteiger partial charge in [0.05, 0.1) is 0 Å². The molecule has 0 spiro atoms. The quantitative estimate of drug-likeness (QED) is 0.267. The molecule has 176 valence electrons. The van der Waals surface area contributed by atoms with Crippen LogP contribution in [0.2, 0.25) is 0 Å². The highest BCUT2D eigenvalue weighted by Gasteiger charge is 2.22. The van der Waals surface area contributed by atoms with E-state index in [2.05, 4.69) is 20.6 Å². The van der Waals surface area contributed by atoms with Gasteiger partial charge in [-0.05, 0) is 49.2 Å². The second-order valence-corrected chi connectivity index (χ2v) is 8.20. The second-order valence-electron chi connectivity index (χ2n) is 8.20. The van der Waals surface area contributed by atoms with Crippen LogP contribution in [0.3, 0.4) is 0 Å². The molecule has 2 unspecified atom stereocenters. The van der Waals surface area contributed by atoms with E-state index in [-0.39, 0.29) is 12.0 Å². The summed E-state index contributed by atoms with van der Waals surface area (Å²) in [6, 6.07) is 9.69. The van der Waals surface area contributed by atoms with Crippen molar-refractivity contribution in [2.24, 2.45) is 12.8 Å². The maximum atomic E-state index is 12.6. The van der Waals surface area contributed by atoms with Gasteiger partial charge in [-0.3, -0.25) is 4.79 Å². The number of carboxylic acid groups (broad SMARTS) is 1. The van der Waals surface area contributed by atoms with Crippen LogP contribution in [0.4, 0.5) is 0 Å². The summed E-state index contributed by atoms with van der Waals surface area (Å²) in [7, 11) is 1.98. The van der Waals surface area contributed by atoms with Crippen LogP contribution >= 0.6 is 0 Å². The van der Waals surface area contributed by atoms with Gasteiger partial charge in [-0.1, -0.05) is 19.1 Å². The molecule has 0 aliphatic rings. The first-order valence-corrected chi connectivity index (χ1v) is 11.1. The lowest BCUT2D eigenvalue weighted by atomic mass is 9.94. The zero-order valence-electron chi connectivity index (χ0n) is 19.0. The molecule has 6 N–H and O–H groups in total. The van der Waals surface area contributed by atoms with E-state index in [0.717, 1.165) is 17.1 Å². The second kappa shape index (κ2) is 11.4. The molecule has 0 aliphatic carbocycles. The number of carbonyl (C=O) groups is 2. The van der Waals surface area contributed by atoms with Gasteiger partial charge in [0, 0.05) is 55.4 Å². The number of carbonyl (C=O) groups excluding carboxylic acids is 1. The number of amides is 1. The molecule has 0 saturated heterocycles. The maximum Gasteiger partial charge on any atom is 0.326 e. The molecule has 9 heteroatoms. The van der Waals surface area contributed by atoms with Crippen LogP contribution in [0.5, 0.6) is 0 Å². The zero-order chi connectivity index (χ0) is 23.8. The molecule has 0 saturated carbocycles. The molecule has 3 aromatic rings. The minimum atomic E-state index is -1.04. The summed E-state index contributed by atoms with van der Waals surface area (Å²) in [5.41, 5.74) is 8.77. The van der Waals surface area contributed by atoms with E-state index in [0.29, 0.717) is 31.5 Å². The number of rotatable bonds is 12. The Labute approximate surface area is 193 Å². The molecule has 0 radical (unpaired) electrons. The van der Waals surface area contributed by atoms with Gasteiger partial charge in [-0.2, -0.15) is 0 Å². The molecule has 0 aliphatic heterocycles. The maximum absolute atomic E-state index is 12.6. The summed E-state index contributed by atoms with van der Waals surface area (Å²) in [6.07, 6.45) is 6.38. The molecule has 9 nitrogen and oxygen atoms in total. The van der Waals surface area contributed by atoms with E-state index in [9.17, 15) is 14.7 Å². The lowest BCUT2D eigenvalue weighted by Gasteiger charge is -2.19. The number of aliphatic carboxylic acids is 1. The molecule has 0 bridgehead atoms. The lowest BCUT2D eigenvalue weighted by Crippen LogP contribution is -2.41. The third-order valence-corrected chi connectivity index (χ3v) is 5.85. The van der Waals surface area contributed by atoms with Crippen molar-refractivity contribution in [3.63, 3.8) is 0 Å². The molecule has 33 heavy (non-hydrogen) atoms. The average molecular weight is 453 g/mol. The van der Waals surface area contributed by atoms with Gasteiger partial charge in [0.1, 0.15) is 11.9 Å². The summed E-state index contributed by atoms with van der Waals surface area (Å²) in [5.74, 6) is -0.687. The fourth-order valence-electron chi connectivity index (χ4n) is 3.67. The molecule has 1 aromatic carbocycles. The van der Waals surface area contributed by atoms with Gasteiger partial charge in [0.2, 0.25) is 0 Å². The van der Waals surface area contributed by atoms with Gasteiger partial charge in [0.25, 0.3) is 5.91 Å². The summed E-state index contributed by atoms with van der Waals surface area (Å²) in [4.78, 5) is 31.5. The van der Waals surface area contributed by atoms with Gasteiger partial charge >= 0.3 is 5.97 Å². The molecule has 1 amide bonds. The normalized spacial score (nSPS) is 13.9. The number of benzene rings is 1. The van der Waals surface area contributed by atoms with Crippen molar-refractivity contribution in [3.8, 4) is 0 Å². The lowest BCUT2D eigenvalue weighted by molar-refractivity contribution is -0.139. The standard InChI is InChI=1S/C24H32N6O3/c1-16(22-27-12-13-28-22)21(25)17-7-9-18(10-8-17)23(31)29-20(24(32)33)6-3-11-26-15-19-5-4-14-30(19)2/h4-5,7-10,12-14,16,20-21,26H,3,6,11,15,25H2,1-2H3,(H,27,28)(H,29,31)(H,32,33)/t16?,20-,21?/m0/s1. The number of nitrogens with one attached hydrogen (secondary N) is 3. The number of aryl methyl sites for hydroxylation is 1. The predicted molar refractivity (Wildman–Crippen MR) is 126 cm³/mol. The van der Waals surface area contributed by atoms with Crippen molar-refractivity contribution in [1.29, 1.82) is 0 Å². The zero-order valence-corrected chi connectivity index (χ0v) is 19.0. The largest absolute Gasteiger partial charge is 0.480 e. The van der Waals surface area contributed by atoms with Crippen molar-refractivity contribution in [2.45, 2.75) is 44.3 Å². The topological polar surface area (TPSA) is 138 Å². The third kappa shape index (κ3) is 6.53. The number of aromatic nitrogens is 3. The first kappa shape index (κ1) is 24.2. The minimum absolute atomic E-state index is 0.0219. The Bertz CT molecular complexity index is 1030. The van der Waals surface area contributed by atoms with E-state index < -0.39 is 17.9 Å². The van der Waals surface area contributed by atoms with Crippen molar-refractivity contribution in [1.82, 2.24) is 25.2 Å². The molecular formula is C24H32N6O3. The Hall–Kier alpha value is -3.43. The Morgan fingerprint density at radius 3 is 2.61 bits per heavy atom. The summed E-state index contributed by atoms with van der Waals surface area (Å²) in [6.45, 7) is 3.35. The number of hydrogen-bond donors (Lipinski definition) is 5. The van der Waals surface area contributed by atoms with E-state index in [1.165, 1.54) is 0 Å². The monoisotopic (exact) mass is 452 g/mol. The Balaban J connectivity index is 1.49. The van der Waals surface area contributed by atoms with Crippen molar-refractivity contribution in [3.05, 3.63) is 77.6 Å². The fourth-order valence-corrected chi connectivity index (χ4v) is 3.67. The van der Waals surface area contributed by atoms with Gasteiger partial charge in [0.15, 0.2) is 0 Å². The van der Waals surface area contributed by atoms with Crippen LogP contribution in [-0.2, 0) is 18.4 Å². The minimum Gasteiger partial charge on any atom is -0.480 e. The van der Waals surface area contributed by atoms with E-state index in [4.69, 9.17) is 5.73 Å². The SMILES string of the molecule is CC(c1ncc[nH]1)C(N)c1ccc(C(=O)N[C@@H](CCCNCc2cccn2C)C(=O)O)cc1. The van der Waals surface area contributed by atoms with Crippen LogP contribution in [0.25, 0.3) is 0 Å². The number of imidazole rings is 1. The van der Waals surface area contributed by atoms with Gasteiger partial charge in [-0.15, -0.1) is 0 Å².